The zero-order valence-corrected chi connectivity index (χ0v) is 14.5. The Bertz CT molecular complexity index is 800. The van der Waals surface area contributed by atoms with Gasteiger partial charge in [-0.05, 0) is 43.7 Å². The molecule has 0 atom stereocenters. The maximum atomic E-state index is 12.8. The van der Waals surface area contributed by atoms with Crippen molar-refractivity contribution >= 4 is 23.0 Å². The Kier molecular flexibility index (Phi) is 4.37. The van der Waals surface area contributed by atoms with Crippen LogP contribution < -0.4 is 10.2 Å². The van der Waals surface area contributed by atoms with E-state index >= 15 is 0 Å². The van der Waals surface area contributed by atoms with E-state index in [0.717, 1.165) is 29.1 Å². The van der Waals surface area contributed by atoms with Crippen molar-refractivity contribution in [1.29, 1.82) is 0 Å². The highest BCUT2D eigenvalue weighted by molar-refractivity contribution is 6.33. The maximum absolute atomic E-state index is 12.8. The average molecular weight is 371 g/mol. The fourth-order valence-electron chi connectivity index (χ4n) is 2.92. The second kappa shape index (κ2) is 6.11. The van der Waals surface area contributed by atoms with Crippen LogP contribution >= 0.6 is 11.6 Å². The van der Waals surface area contributed by atoms with Crippen molar-refractivity contribution in [3.05, 3.63) is 47.0 Å². The smallest absolute Gasteiger partial charge is 0.389 e. The van der Waals surface area contributed by atoms with E-state index < -0.39 is 17.3 Å². The molecule has 0 fully saturated rings. The van der Waals surface area contributed by atoms with Gasteiger partial charge in [0.05, 0.1) is 29.2 Å². The third-order valence-corrected chi connectivity index (χ3v) is 4.30. The normalized spacial score (nSPS) is 14.4. The molecule has 0 radical (unpaired) electrons. The molecule has 2 N–H and O–H groups in total. The number of β-amino-alcohol motifs (C(OH)–C–C–N with tert-alkyl or cyclic N) is 1. The molecule has 3 rings (SSSR count). The lowest BCUT2D eigenvalue weighted by molar-refractivity contribution is -0.137. The van der Waals surface area contributed by atoms with Crippen molar-refractivity contribution in [3.63, 3.8) is 0 Å². The van der Waals surface area contributed by atoms with Crippen LogP contribution in [0.2, 0.25) is 5.02 Å². The average Bonchev–Trinajstić information content (AvgIpc) is 2.86. The second-order valence-electron chi connectivity index (χ2n) is 6.77. The van der Waals surface area contributed by atoms with Gasteiger partial charge in [0.1, 0.15) is 0 Å². The van der Waals surface area contributed by atoms with Crippen molar-refractivity contribution in [2.24, 2.45) is 0 Å². The fourth-order valence-corrected chi connectivity index (χ4v) is 3.21. The summed E-state index contributed by atoms with van der Waals surface area (Å²) in [7, 11) is 0. The molecular weight excluding hydrogens is 353 g/mol. The van der Waals surface area contributed by atoms with E-state index in [0.29, 0.717) is 18.8 Å². The van der Waals surface area contributed by atoms with Gasteiger partial charge in [-0.1, -0.05) is 23.7 Å². The van der Waals surface area contributed by atoms with Crippen LogP contribution in [0.4, 0.5) is 24.5 Å². The predicted molar refractivity (Wildman–Crippen MR) is 94.0 cm³/mol. The highest BCUT2D eigenvalue weighted by atomic mass is 35.5. The molecule has 1 aliphatic rings. The summed E-state index contributed by atoms with van der Waals surface area (Å²) in [5, 5.41) is 13.3. The minimum absolute atomic E-state index is 0.0566. The Balaban J connectivity index is 1.91. The molecule has 3 nitrogen and oxygen atoms in total. The highest BCUT2D eigenvalue weighted by Crippen LogP contribution is 2.39. The minimum Gasteiger partial charge on any atom is -0.389 e. The summed E-state index contributed by atoms with van der Waals surface area (Å²) in [6.45, 7) is 4.50. The molecule has 0 amide bonds. The third-order valence-electron chi connectivity index (χ3n) is 3.98. The van der Waals surface area contributed by atoms with E-state index in [2.05, 4.69) is 5.32 Å². The lowest BCUT2D eigenvalue weighted by Gasteiger charge is -2.26. The predicted octanol–water partition coefficient (Wildman–Crippen LogP) is 4.99. The van der Waals surface area contributed by atoms with Crippen LogP contribution in [0.15, 0.2) is 36.4 Å². The molecular formula is C18H18ClF3N2O. The Morgan fingerprint density at radius 2 is 1.88 bits per heavy atom. The topological polar surface area (TPSA) is 35.5 Å². The first-order valence-electron chi connectivity index (χ1n) is 7.77. The van der Waals surface area contributed by atoms with Gasteiger partial charge in [-0.15, -0.1) is 0 Å². The molecule has 0 saturated heterocycles. The Morgan fingerprint density at radius 3 is 2.48 bits per heavy atom. The van der Waals surface area contributed by atoms with E-state index in [1.54, 1.807) is 13.8 Å². The molecule has 2 aromatic carbocycles. The van der Waals surface area contributed by atoms with Crippen LogP contribution in [-0.4, -0.2) is 23.9 Å². The van der Waals surface area contributed by atoms with Gasteiger partial charge in [-0.25, -0.2) is 0 Å². The van der Waals surface area contributed by atoms with Crippen molar-refractivity contribution in [2.75, 3.05) is 23.4 Å². The molecule has 2 aromatic rings. The van der Waals surface area contributed by atoms with Gasteiger partial charge in [0.2, 0.25) is 0 Å². The van der Waals surface area contributed by atoms with Crippen LogP contribution in [0.5, 0.6) is 0 Å². The number of hydrogen-bond donors (Lipinski definition) is 2. The van der Waals surface area contributed by atoms with Crippen molar-refractivity contribution in [1.82, 2.24) is 0 Å². The van der Waals surface area contributed by atoms with Gasteiger partial charge in [0, 0.05) is 17.1 Å². The van der Waals surface area contributed by atoms with Crippen LogP contribution in [0.25, 0.3) is 11.1 Å². The number of nitrogens with one attached hydrogen (secondary N) is 1. The van der Waals surface area contributed by atoms with Gasteiger partial charge < -0.3 is 15.3 Å². The number of fused-ring (bicyclic) bond motifs is 1. The monoisotopic (exact) mass is 370 g/mol. The van der Waals surface area contributed by atoms with E-state index in [9.17, 15) is 18.3 Å². The molecule has 7 heteroatoms. The van der Waals surface area contributed by atoms with Crippen molar-refractivity contribution in [2.45, 2.75) is 25.6 Å². The molecule has 0 bridgehead atoms. The number of benzene rings is 2. The molecule has 134 valence electrons. The zero-order chi connectivity index (χ0) is 18.4. The van der Waals surface area contributed by atoms with E-state index in [1.807, 2.05) is 23.1 Å². The SMILES string of the molecule is CC(C)(O)CN1CNc2cc(-c3ccc(C(F)(F)F)cc3Cl)ccc21. The number of halogens is 4. The summed E-state index contributed by atoms with van der Waals surface area (Å²) in [4.78, 5) is 2.01. The molecule has 0 spiro atoms. The van der Waals surface area contributed by atoms with Gasteiger partial charge in [-0.2, -0.15) is 13.2 Å². The molecule has 25 heavy (non-hydrogen) atoms. The second-order valence-corrected chi connectivity index (χ2v) is 7.18. The number of rotatable bonds is 3. The summed E-state index contributed by atoms with van der Waals surface area (Å²) in [6.07, 6.45) is -4.42. The van der Waals surface area contributed by atoms with Gasteiger partial charge in [-0.3, -0.25) is 0 Å². The Labute approximate surface area is 149 Å². The minimum atomic E-state index is -4.42. The van der Waals surface area contributed by atoms with Crippen LogP contribution in [0.1, 0.15) is 19.4 Å². The van der Waals surface area contributed by atoms with Crippen molar-refractivity contribution in [3.8, 4) is 11.1 Å². The number of hydrogen-bond acceptors (Lipinski definition) is 3. The summed E-state index contributed by atoms with van der Waals surface area (Å²) < 4.78 is 38.3. The standard InChI is InChI=1S/C18H18ClF3N2O/c1-17(2,25)9-24-10-23-15-7-11(3-6-16(15)24)13-5-4-12(8-14(13)19)18(20,21)22/h3-8,23,25H,9-10H2,1-2H3. The lowest BCUT2D eigenvalue weighted by atomic mass is 10.0. The number of aliphatic hydroxyl groups is 1. The van der Waals surface area contributed by atoms with E-state index in [1.165, 1.54) is 6.07 Å². The van der Waals surface area contributed by atoms with E-state index in [4.69, 9.17) is 11.6 Å². The van der Waals surface area contributed by atoms with Crippen LogP contribution in [0, 0.1) is 0 Å². The fraction of sp³-hybridized carbons (Fsp3) is 0.333. The van der Waals surface area contributed by atoms with Crippen LogP contribution in [-0.2, 0) is 6.18 Å². The van der Waals surface area contributed by atoms with Crippen molar-refractivity contribution < 1.29 is 18.3 Å². The first kappa shape index (κ1) is 17.9. The Morgan fingerprint density at radius 1 is 1.16 bits per heavy atom. The first-order valence-corrected chi connectivity index (χ1v) is 8.15. The van der Waals surface area contributed by atoms with Gasteiger partial charge >= 0.3 is 6.18 Å². The Hall–Kier alpha value is -1.92. The third kappa shape index (κ3) is 3.85. The summed E-state index contributed by atoms with van der Waals surface area (Å²) in [5.74, 6) is 0. The lowest BCUT2D eigenvalue weighted by Crippen LogP contribution is -2.38. The molecule has 0 aromatic heterocycles. The highest BCUT2D eigenvalue weighted by Gasteiger charge is 2.31. The zero-order valence-electron chi connectivity index (χ0n) is 13.8. The quantitative estimate of drug-likeness (QED) is 0.799. The summed E-state index contributed by atoms with van der Waals surface area (Å²) in [6, 6.07) is 8.91. The molecule has 1 heterocycles. The molecule has 0 unspecified atom stereocenters. The van der Waals surface area contributed by atoms with Gasteiger partial charge in [0.15, 0.2) is 0 Å². The van der Waals surface area contributed by atoms with Gasteiger partial charge in [0.25, 0.3) is 0 Å². The van der Waals surface area contributed by atoms with Crippen LogP contribution in [0.3, 0.4) is 0 Å². The first-order chi connectivity index (χ1) is 11.5. The summed E-state index contributed by atoms with van der Waals surface area (Å²) >= 11 is 6.07. The summed E-state index contributed by atoms with van der Waals surface area (Å²) in [5.41, 5.74) is 1.47. The molecule has 0 saturated carbocycles. The maximum Gasteiger partial charge on any atom is 0.416 e. The molecule has 0 aliphatic carbocycles. The number of nitrogens with zero attached hydrogens (tertiary/aromatic N) is 1. The largest absolute Gasteiger partial charge is 0.416 e. The van der Waals surface area contributed by atoms with E-state index in [-0.39, 0.29) is 5.02 Å². The number of anilines is 2. The number of alkyl halides is 3. The molecule has 1 aliphatic heterocycles.